The number of methoxy groups -OCH3 is 1. The Morgan fingerprint density at radius 2 is 1.62 bits per heavy atom. The van der Waals surface area contributed by atoms with Gasteiger partial charge >= 0.3 is 23.9 Å². The Hall–Kier alpha value is -6.70. The third kappa shape index (κ3) is 8.26. The smallest absolute Gasteiger partial charge is 0.416 e. The van der Waals surface area contributed by atoms with Crippen LogP contribution in [0.4, 0.5) is 21.9 Å². The van der Waals surface area contributed by atoms with Crippen molar-refractivity contribution in [2.45, 2.75) is 50.3 Å². The number of carboxylic acid groups (broad SMARTS) is 2. The highest BCUT2D eigenvalue weighted by molar-refractivity contribution is 6.41. The highest BCUT2D eigenvalue weighted by atomic mass is 35.5. The van der Waals surface area contributed by atoms with Crippen molar-refractivity contribution in [2.75, 3.05) is 55.0 Å². The number of nitrogens with zero attached hydrogens (tertiary/aromatic N) is 9. The number of anilines is 3. The number of nitrogens with one attached hydrogen (secondary N) is 1. The lowest BCUT2D eigenvalue weighted by Gasteiger charge is -2.41. The number of halogens is 1. The van der Waals surface area contributed by atoms with E-state index in [1.165, 1.54) is 51.1 Å². The quantitative estimate of drug-likeness (QED) is 0.162. The van der Waals surface area contributed by atoms with Crippen LogP contribution < -0.4 is 15.1 Å². The van der Waals surface area contributed by atoms with Crippen molar-refractivity contribution in [3.05, 3.63) is 89.3 Å². The number of carbonyl (C=O) groups excluding carboxylic acids is 4. The van der Waals surface area contributed by atoms with E-state index in [2.05, 4.69) is 25.7 Å². The highest BCUT2D eigenvalue weighted by Gasteiger charge is 2.41. The van der Waals surface area contributed by atoms with Gasteiger partial charge < -0.3 is 35.0 Å². The van der Waals surface area contributed by atoms with Crippen LogP contribution in [0.25, 0.3) is 16.6 Å². The van der Waals surface area contributed by atoms with E-state index in [1.807, 2.05) is 0 Å². The fraction of sp³-hybridized carbons (Fsp3) is 0.341. The van der Waals surface area contributed by atoms with Gasteiger partial charge in [0.05, 0.1) is 29.5 Å². The molecule has 20 heteroatoms. The number of benzene rings is 3. The van der Waals surface area contributed by atoms with E-state index < -0.39 is 41.5 Å². The van der Waals surface area contributed by atoms with Gasteiger partial charge in [-0.2, -0.15) is 4.68 Å². The largest absolute Gasteiger partial charge is 0.477 e. The number of ether oxygens (including phenoxy) is 1. The molecule has 1 saturated carbocycles. The lowest BCUT2D eigenvalue weighted by molar-refractivity contribution is -0.149. The molecular weight excluding hydrogens is 812 g/mol. The van der Waals surface area contributed by atoms with Crippen molar-refractivity contribution in [1.29, 1.82) is 0 Å². The van der Waals surface area contributed by atoms with Crippen LogP contribution >= 0.6 is 11.6 Å². The molecule has 4 amide bonds. The Morgan fingerprint density at radius 1 is 0.869 bits per heavy atom. The van der Waals surface area contributed by atoms with E-state index in [1.54, 1.807) is 48.4 Å². The molecule has 2 aromatic heterocycles. The van der Waals surface area contributed by atoms with Crippen LogP contribution in [0.2, 0.25) is 5.02 Å². The van der Waals surface area contributed by atoms with Crippen molar-refractivity contribution in [3.63, 3.8) is 0 Å². The van der Waals surface area contributed by atoms with E-state index in [-0.39, 0.29) is 53.8 Å². The summed E-state index contributed by atoms with van der Waals surface area (Å²) in [5, 5.41) is 33.9. The van der Waals surface area contributed by atoms with Crippen LogP contribution in [-0.2, 0) is 30.3 Å². The first kappa shape index (κ1) is 41.1. The molecule has 1 unspecified atom stereocenters. The predicted molar refractivity (Wildman–Crippen MR) is 220 cm³/mol. The normalized spacial score (nSPS) is 19.4. The molecule has 0 bridgehead atoms. The topological polar surface area (TPSA) is 226 Å². The van der Waals surface area contributed by atoms with E-state index >= 15 is 0 Å². The van der Waals surface area contributed by atoms with Gasteiger partial charge in [0.1, 0.15) is 18.1 Å². The predicted octanol–water partition coefficient (Wildman–Crippen LogP) is 3.53. The van der Waals surface area contributed by atoms with Gasteiger partial charge in [0.25, 0.3) is 0 Å². The molecule has 19 nitrogen and oxygen atoms in total. The third-order valence-electron chi connectivity index (χ3n) is 11.7. The minimum absolute atomic E-state index is 0.0128. The van der Waals surface area contributed by atoms with Gasteiger partial charge in [0.15, 0.2) is 0 Å². The molecular formula is C41H41ClN10O9. The van der Waals surface area contributed by atoms with Crippen molar-refractivity contribution in [2.24, 2.45) is 0 Å². The number of tetrazole rings is 1. The molecule has 0 spiro atoms. The summed E-state index contributed by atoms with van der Waals surface area (Å²) in [6.45, 7) is 1.49. The van der Waals surface area contributed by atoms with Gasteiger partial charge in [-0.3, -0.25) is 24.1 Å². The van der Waals surface area contributed by atoms with Crippen molar-refractivity contribution in [1.82, 2.24) is 34.6 Å². The fourth-order valence-corrected chi connectivity index (χ4v) is 8.70. The van der Waals surface area contributed by atoms with Crippen molar-refractivity contribution >= 4 is 75.3 Å². The van der Waals surface area contributed by atoms with Crippen LogP contribution in [0.15, 0.2) is 73.1 Å². The first-order valence-electron chi connectivity index (χ1n) is 19.6. The summed E-state index contributed by atoms with van der Waals surface area (Å²) >= 11 is 6.33. The standard InChI is InChI=1S/C41H41ClN10O9/c1-61-30-10-8-28(9-11-30)47-14-15-48(36(53)22-47)29-6-2-24(3-7-29)18-34(37(54)44-27-5-13-31-25(19-27)20-35(40(57)58)52(31)41(59)60)50-17-16-49(38(55)39(50)56)33-21-26(42)4-12-32(33)51-23-43-45-46-51/h2-7,12-13,19-21,23,28,30,34H,8-11,14-18,22H2,1H3,(H,44,54)(H,57,58)(H,59,60). The number of fused-ring (bicyclic) bond motifs is 1. The number of carbonyl (C=O) groups is 6. The average molecular weight is 853 g/mol. The number of aromatic nitrogens is 5. The Morgan fingerprint density at radius 3 is 2.30 bits per heavy atom. The molecule has 1 aliphatic carbocycles. The lowest BCUT2D eigenvalue weighted by Crippen LogP contribution is -2.60. The maximum atomic E-state index is 14.3. The first-order chi connectivity index (χ1) is 29.4. The van der Waals surface area contributed by atoms with Gasteiger partial charge in [-0.15, -0.1) is 5.10 Å². The van der Waals surface area contributed by atoms with Gasteiger partial charge in [0, 0.05) is 67.5 Å². The van der Waals surface area contributed by atoms with E-state index in [4.69, 9.17) is 16.3 Å². The summed E-state index contributed by atoms with van der Waals surface area (Å²) in [4.78, 5) is 86.0. The number of piperazine rings is 2. The number of amides is 4. The van der Waals surface area contributed by atoms with Crippen molar-refractivity contribution in [3.8, 4) is 5.69 Å². The molecule has 3 N–H and O–H groups in total. The van der Waals surface area contributed by atoms with Crippen LogP contribution in [-0.4, -0.2) is 138 Å². The zero-order valence-electron chi connectivity index (χ0n) is 32.9. The molecule has 5 aromatic rings. The molecule has 1 atom stereocenters. The molecule has 3 aromatic carbocycles. The second kappa shape index (κ2) is 17.1. The maximum absolute atomic E-state index is 14.3. The lowest BCUT2D eigenvalue weighted by atomic mass is 9.91. The SMILES string of the molecule is COC1CCC(N2CCN(c3ccc(CC(C(=O)Nc4ccc5c(c4)cc(C(=O)O)n5C(=O)O)N4CCN(c5cc(Cl)ccc5-n5cnnn5)C(=O)C4=O)cc3)C(=O)C2)CC1. The summed E-state index contributed by atoms with van der Waals surface area (Å²) in [7, 11) is 1.74. The fourth-order valence-electron chi connectivity index (χ4n) is 8.54. The Balaban J connectivity index is 1.04. The Bertz CT molecular complexity index is 2520. The summed E-state index contributed by atoms with van der Waals surface area (Å²) in [5.74, 6) is -3.99. The summed E-state index contributed by atoms with van der Waals surface area (Å²) < 4.78 is 7.48. The highest BCUT2D eigenvalue weighted by Crippen LogP contribution is 2.32. The summed E-state index contributed by atoms with van der Waals surface area (Å²) in [5.41, 5.74) is 1.82. The molecule has 3 aliphatic rings. The number of aromatic carboxylic acids is 1. The molecule has 3 fully saturated rings. The number of rotatable bonds is 11. The average Bonchev–Trinajstić information content (AvgIpc) is 3.93. The zero-order chi connectivity index (χ0) is 42.9. The summed E-state index contributed by atoms with van der Waals surface area (Å²) in [6.07, 6.45) is 4.00. The summed E-state index contributed by atoms with van der Waals surface area (Å²) in [6, 6.07) is 16.4. The van der Waals surface area contributed by atoms with Gasteiger partial charge in [-0.05, 0) is 96.3 Å². The third-order valence-corrected chi connectivity index (χ3v) is 11.9. The monoisotopic (exact) mass is 852 g/mol. The van der Waals surface area contributed by atoms with Gasteiger partial charge in [-0.1, -0.05) is 23.7 Å². The molecule has 2 saturated heterocycles. The number of carboxylic acids is 1. The molecule has 8 rings (SSSR count). The maximum Gasteiger partial charge on any atom is 0.416 e. The minimum atomic E-state index is -1.49. The van der Waals surface area contributed by atoms with E-state index in [0.29, 0.717) is 45.7 Å². The molecule has 61 heavy (non-hydrogen) atoms. The number of hydrogen-bond acceptors (Lipinski definition) is 11. The number of hydrogen-bond donors (Lipinski definition) is 3. The van der Waals surface area contributed by atoms with Crippen LogP contribution in [0.1, 0.15) is 41.7 Å². The van der Waals surface area contributed by atoms with E-state index in [9.17, 15) is 39.0 Å². The van der Waals surface area contributed by atoms with Gasteiger partial charge in [0.2, 0.25) is 11.8 Å². The first-order valence-corrected chi connectivity index (χ1v) is 20.0. The van der Waals surface area contributed by atoms with Crippen molar-refractivity contribution < 1.29 is 43.7 Å². The molecule has 316 valence electrons. The van der Waals surface area contributed by atoms with Gasteiger partial charge in [-0.25, -0.2) is 14.2 Å². The second-order valence-corrected chi connectivity index (χ2v) is 15.6. The molecule has 2 aliphatic heterocycles. The molecule has 4 heterocycles. The van der Waals surface area contributed by atoms with Crippen LogP contribution in [0.3, 0.4) is 0 Å². The molecule has 0 radical (unpaired) electrons. The zero-order valence-corrected chi connectivity index (χ0v) is 33.6. The Labute approximate surface area is 353 Å². The van der Waals surface area contributed by atoms with E-state index in [0.717, 1.165) is 32.2 Å². The second-order valence-electron chi connectivity index (χ2n) is 15.1. The Kier molecular flexibility index (Phi) is 11.5. The minimum Gasteiger partial charge on any atom is -0.477 e. The van der Waals surface area contributed by atoms with Crippen LogP contribution in [0.5, 0.6) is 0 Å². The van der Waals surface area contributed by atoms with Crippen LogP contribution in [0, 0.1) is 0 Å².